The van der Waals surface area contributed by atoms with E-state index < -0.39 is 11.7 Å². The number of nitrogens with two attached hydrogens (primary N) is 1. The molecular weight excluding hydrogens is 481 g/mol. The molecule has 4 aromatic rings. The Hall–Kier alpha value is -4.11. The number of hydrogen-bond acceptors (Lipinski definition) is 6. The lowest BCUT2D eigenvalue weighted by atomic mass is 10.1. The Morgan fingerprint density at radius 3 is 2.53 bits per heavy atom. The SMILES string of the molecule is CCc1cc(N2CCN(C(C)C)CC2)ccc1Nc1cc2c(Nc3cc(F)ccc3C(N)=O)cncc2[nH]1. The molecule has 1 aliphatic heterocycles. The fraction of sp³-hybridized carbons (Fsp3) is 0.310. The first-order chi connectivity index (χ1) is 18.3. The largest absolute Gasteiger partial charge is 0.369 e. The van der Waals surface area contributed by atoms with Crippen LogP contribution in [-0.4, -0.2) is 53.0 Å². The van der Waals surface area contributed by atoms with Gasteiger partial charge >= 0.3 is 0 Å². The predicted molar refractivity (Wildman–Crippen MR) is 152 cm³/mol. The molecule has 1 fully saturated rings. The highest BCUT2D eigenvalue weighted by atomic mass is 19.1. The van der Waals surface area contributed by atoms with Crippen LogP contribution >= 0.6 is 0 Å². The number of aromatic nitrogens is 2. The second-order valence-corrected chi connectivity index (χ2v) is 9.95. The Balaban J connectivity index is 1.38. The second kappa shape index (κ2) is 10.7. The van der Waals surface area contributed by atoms with E-state index in [4.69, 9.17) is 5.73 Å². The van der Waals surface area contributed by atoms with Gasteiger partial charge in [0.1, 0.15) is 11.6 Å². The average Bonchev–Trinajstić information content (AvgIpc) is 3.32. The van der Waals surface area contributed by atoms with Gasteiger partial charge in [0.25, 0.3) is 5.91 Å². The van der Waals surface area contributed by atoms with E-state index in [9.17, 15) is 9.18 Å². The molecule has 1 saturated heterocycles. The molecule has 0 spiro atoms. The van der Waals surface area contributed by atoms with Crippen molar-refractivity contribution in [1.82, 2.24) is 14.9 Å². The van der Waals surface area contributed by atoms with E-state index in [-0.39, 0.29) is 5.56 Å². The lowest BCUT2D eigenvalue weighted by Gasteiger charge is -2.38. The number of anilines is 5. The normalized spacial score (nSPS) is 14.3. The van der Waals surface area contributed by atoms with E-state index in [1.165, 1.54) is 29.4 Å². The Labute approximate surface area is 222 Å². The van der Waals surface area contributed by atoms with Gasteiger partial charge in [0.15, 0.2) is 0 Å². The molecule has 198 valence electrons. The van der Waals surface area contributed by atoms with Crippen LogP contribution in [0.2, 0.25) is 0 Å². The third kappa shape index (κ3) is 5.28. The number of aryl methyl sites for hydroxylation is 1. The molecule has 0 radical (unpaired) electrons. The van der Waals surface area contributed by atoms with Crippen LogP contribution in [0.25, 0.3) is 10.9 Å². The highest BCUT2D eigenvalue weighted by molar-refractivity contribution is 6.02. The van der Waals surface area contributed by atoms with Crippen molar-refractivity contribution in [2.45, 2.75) is 33.2 Å². The zero-order valence-electron chi connectivity index (χ0n) is 22.0. The van der Waals surface area contributed by atoms with Gasteiger partial charge in [0.05, 0.1) is 34.8 Å². The minimum Gasteiger partial charge on any atom is -0.369 e. The van der Waals surface area contributed by atoms with Gasteiger partial charge in [-0.3, -0.25) is 14.7 Å². The summed E-state index contributed by atoms with van der Waals surface area (Å²) < 4.78 is 13.9. The van der Waals surface area contributed by atoms with Crippen molar-refractivity contribution >= 4 is 45.4 Å². The Kier molecular flexibility index (Phi) is 7.20. The van der Waals surface area contributed by atoms with Crippen LogP contribution in [0.1, 0.15) is 36.7 Å². The van der Waals surface area contributed by atoms with Crippen LogP contribution in [0, 0.1) is 5.82 Å². The number of nitrogens with one attached hydrogen (secondary N) is 3. The van der Waals surface area contributed by atoms with E-state index in [2.05, 4.69) is 69.4 Å². The Bertz CT molecular complexity index is 1460. The zero-order valence-corrected chi connectivity index (χ0v) is 22.0. The van der Waals surface area contributed by atoms with E-state index in [0.29, 0.717) is 17.4 Å². The number of carbonyl (C=O) groups excluding carboxylic acids is 1. The summed E-state index contributed by atoms with van der Waals surface area (Å²) in [4.78, 5) is 24.5. The van der Waals surface area contributed by atoms with Crippen molar-refractivity contribution in [3.63, 3.8) is 0 Å². The summed E-state index contributed by atoms with van der Waals surface area (Å²) in [6.45, 7) is 10.9. The third-order valence-corrected chi connectivity index (χ3v) is 7.21. The number of rotatable bonds is 8. The van der Waals surface area contributed by atoms with Gasteiger partial charge < -0.3 is 26.3 Å². The van der Waals surface area contributed by atoms with Crippen LogP contribution < -0.4 is 21.3 Å². The van der Waals surface area contributed by atoms with Gasteiger partial charge in [-0.15, -0.1) is 0 Å². The number of amides is 1. The van der Waals surface area contributed by atoms with Crippen LogP contribution in [0.3, 0.4) is 0 Å². The topological polar surface area (TPSA) is 102 Å². The maximum atomic E-state index is 13.9. The predicted octanol–water partition coefficient (Wildman–Crippen LogP) is 5.38. The first-order valence-corrected chi connectivity index (χ1v) is 13.0. The standard InChI is InChI=1S/C29H34FN7O/c1-4-19-13-21(37-11-9-36(10-12-37)18(2)3)6-8-24(19)34-28-15-23-26(16-32-17-27(23)35-28)33-25-14-20(30)5-7-22(25)29(31)38/h5-8,13-18,33-35H,4,9-12H2,1-3H3,(H2,31,38). The monoisotopic (exact) mass is 515 g/mol. The Morgan fingerprint density at radius 1 is 1.03 bits per heavy atom. The number of benzene rings is 2. The summed E-state index contributed by atoms with van der Waals surface area (Å²) in [6.07, 6.45) is 4.26. The Morgan fingerprint density at radius 2 is 1.82 bits per heavy atom. The molecule has 5 rings (SSSR count). The number of aromatic amines is 1. The maximum Gasteiger partial charge on any atom is 0.250 e. The minimum atomic E-state index is -0.638. The summed E-state index contributed by atoms with van der Waals surface area (Å²) in [5.74, 6) is -0.300. The number of piperazine rings is 1. The van der Waals surface area contributed by atoms with Crippen LogP contribution in [0.15, 0.2) is 54.9 Å². The highest BCUT2D eigenvalue weighted by Crippen LogP contribution is 2.32. The number of fused-ring (bicyclic) bond motifs is 1. The van der Waals surface area contributed by atoms with E-state index in [0.717, 1.165) is 55.0 Å². The molecule has 0 atom stereocenters. The number of primary amides is 1. The summed E-state index contributed by atoms with van der Waals surface area (Å²) in [5.41, 5.74) is 10.9. The van der Waals surface area contributed by atoms with Crippen molar-refractivity contribution in [1.29, 1.82) is 0 Å². The number of hydrogen-bond donors (Lipinski definition) is 4. The molecule has 2 aromatic carbocycles. The molecule has 9 heteroatoms. The van der Waals surface area contributed by atoms with Gasteiger partial charge in [-0.05, 0) is 68.3 Å². The highest BCUT2D eigenvalue weighted by Gasteiger charge is 2.20. The first kappa shape index (κ1) is 25.5. The first-order valence-electron chi connectivity index (χ1n) is 13.0. The van der Waals surface area contributed by atoms with Crippen molar-refractivity contribution in [3.05, 3.63) is 71.8 Å². The molecule has 5 N–H and O–H groups in total. The maximum absolute atomic E-state index is 13.9. The molecule has 0 saturated carbocycles. The summed E-state index contributed by atoms with van der Waals surface area (Å²) in [5, 5.41) is 7.50. The number of carbonyl (C=O) groups is 1. The van der Waals surface area contributed by atoms with E-state index in [1.54, 1.807) is 12.4 Å². The molecular formula is C29H34FN7O. The summed E-state index contributed by atoms with van der Waals surface area (Å²) >= 11 is 0. The van der Waals surface area contributed by atoms with Gasteiger partial charge in [0, 0.05) is 49.0 Å². The molecule has 8 nitrogen and oxygen atoms in total. The lowest BCUT2D eigenvalue weighted by molar-refractivity contribution is 0.100. The van der Waals surface area contributed by atoms with Crippen molar-refractivity contribution in [2.24, 2.45) is 5.73 Å². The average molecular weight is 516 g/mol. The van der Waals surface area contributed by atoms with E-state index >= 15 is 0 Å². The zero-order chi connectivity index (χ0) is 26.8. The fourth-order valence-corrected chi connectivity index (χ4v) is 5.03. The van der Waals surface area contributed by atoms with Crippen LogP contribution in [-0.2, 0) is 6.42 Å². The van der Waals surface area contributed by atoms with Gasteiger partial charge in [-0.2, -0.15) is 0 Å². The molecule has 3 heterocycles. The third-order valence-electron chi connectivity index (χ3n) is 7.21. The number of pyridine rings is 1. The number of H-pyrrole nitrogens is 1. The summed E-state index contributed by atoms with van der Waals surface area (Å²) in [7, 11) is 0. The molecule has 38 heavy (non-hydrogen) atoms. The van der Waals surface area contributed by atoms with E-state index in [1.807, 2.05) is 6.07 Å². The van der Waals surface area contributed by atoms with Crippen molar-refractivity contribution in [3.8, 4) is 0 Å². The van der Waals surface area contributed by atoms with Crippen LogP contribution in [0.4, 0.5) is 33.0 Å². The van der Waals surface area contributed by atoms with Gasteiger partial charge in [-0.25, -0.2) is 4.39 Å². The van der Waals surface area contributed by atoms with Crippen LogP contribution in [0.5, 0.6) is 0 Å². The quantitative estimate of drug-likeness (QED) is 0.251. The molecule has 0 bridgehead atoms. The smallest absolute Gasteiger partial charge is 0.250 e. The number of halogens is 1. The van der Waals surface area contributed by atoms with Crippen molar-refractivity contribution < 1.29 is 9.18 Å². The molecule has 1 aliphatic rings. The van der Waals surface area contributed by atoms with Gasteiger partial charge in [0.2, 0.25) is 0 Å². The van der Waals surface area contributed by atoms with Crippen molar-refractivity contribution in [2.75, 3.05) is 41.7 Å². The molecule has 0 aliphatic carbocycles. The fourth-order valence-electron chi connectivity index (χ4n) is 5.03. The lowest BCUT2D eigenvalue weighted by Crippen LogP contribution is -2.48. The van der Waals surface area contributed by atoms with Gasteiger partial charge in [-0.1, -0.05) is 6.92 Å². The summed E-state index contributed by atoms with van der Waals surface area (Å²) in [6, 6.07) is 13.0. The molecule has 0 unspecified atom stereocenters. The minimum absolute atomic E-state index is 0.204. The second-order valence-electron chi connectivity index (χ2n) is 9.95. The number of nitrogens with zero attached hydrogens (tertiary/aromatic N) is 3. The molecule has 2 aromatic heterocycles. The molecule has 1 amide bonds.